The van der Waals surface area contributed by atoms with Crippen molar-refractivity contribution in [2.45, 2.75) is 104 Å². The Balaban J connectivity index is 1.52. The minimum atomic E-state index is 0.219. The average molecular weight is 391 g/mol. The van der Waals surface area contributed by atoms with Gasteiger partial charge in [0.15, 0.2) is 0 Å². The summed E-state index contributed by atoms with van der Waals surface area (Å²) >= 11 is 0. The molecule has 4 aliphatic carbocycles. The minimum Gasteiger partial charge on any atom is -0.378 e. The van der Waals surface area contributed by atoms with Crippen molar-refractivity contribution in [3.8, 4) is 0 Å². The number of carbonyl (C=O) groups is 1. The van der Waals surface area contributed by atoms with Crippen LogP contribution >= 0.6 is 0 Å². The fourth-order valence-electron chi connectivity index (χ4n) is 7.81. The Kier molecular flexibility index (Phi) is 5.97. The molecule has 0 radical (unpaired) electrons. The molecule has 0 aromatic carbocycles. The molecular weight excluding hydrogens is 348 g/mol. The van der Waals surface area contributed by atoms with E-state index in [1.807, 2.05) is 0 Å². The lowest BCUT2D eigenvalue weighted by Crippen LogP contribution is -2.57. The third kappa shape index (κ3) is 3.29. The zero-order valence-electron chi connectivity index (χ0n) is 18.7. The molecule has 3 nitrogen and oxygen atoms in total. The van der Waals surface area contributed by atoms with Crippen molar-refractivity contribution in [3.63, 3.8) is 0 Å². The Morgan fingerprint density at radius 1 is 0.893 bits per heavy atom. The van der Waals surface area contributed by atoms with Crippen LogP contribution in [0.1, 0.15) is 91.9 Å². The fourth-order valence-corrected chi connectivity index (χ4v) is 7.81. The van der Waals surface area contributed by atoms with Crippen LogP contribution in [-0.4, -0.2) is 31.2 Å². The number of hydrogen-bond donors (Lipinski definition) is 0. The van der Waals surface area contributed by atoms with Gasteiger partial charge in [0, 0.05) is 25.6 Å². The Bertz CT molecular complexity index is 574. The Morgan fingerprint density at radius 2 is 1.57 bits per heavy atom. The van der Waals surface area contributed by atoms with E-state index in [1.54, 1.807) is 0 Å². The largest absolute Gasteiger partial charge is 0.378 e. The first-order chi connectivity index (χ1) is 13.4. The lowest BCUT2D eigenvalue weighted by molar-refractivity contribution is -0.166. The predicted molar refractivity (Wildman–Crippen MR) is 112 cm³/mol. The highest BCUT2D eigenvalue weighted by Crippen LogP contribution is 2.65. The van der Waals surface area contributed by atoms with Crippen LogP contribution in [0.15, 0.2) is 0 Å². The molecule has 28 heavy (non-hydrogen) atoms. The first-order valence-corrected chi connectivity index (χ1v) is 12.2. The topological polar surface area (TPSA) is 35.5 Å². The van der Waals surface area contributed by atoms with E-state index in [-0.39, 0.29) is 5.41 Å². The summed E-state index contributed by atoms with van der Waals surface area (Å²) in [5.41, 5.74) is 0.560. The second kappa shape index (κ2) is 8.02. The zero-order chi connectivity index (χ0) is 19.9. The number of fused-ring (bicyclic) bond motifs is 5. The summed E-state index contributed by atoms with van der Waals surface area (Å²) in [4.78, 5) is 13.5. The monoisotopic (exact) mass is 390 g/mol. The van der Waals surface area contributed by atoms with Crippen LogP contribution in [0, 0.1) is 34.5 Å². The molecule has 8 atom stereocenters. The van der Waals surface area contributed by atoms with Crippen LogP contribution in [0.4, 0.5) is 0 Å². The summed E-state index contributed by atoms with van der Waals surface area (Å²) in [7, 11) is 0. The molecule has 160 valence electrons. The van der Waals surface area contributed by atoms with Gasteiger partial charge in [0.2, 0.25) is 0 Å². The Hall–Kier alpha value is -0.410. The van der Waals surface area contributed by atoms with E-state index < -0.39 is 0 Å². The van der Waals surface area contributed by atoms with Gasteiger partial charge in [-0.1, -0.05) is 27.7 Å². The molecule has 0 bridgehead atoms. The van der Waals surface area contributed by atoms with Gasteiger partial charge in [0.25, 0.3) is 0 Å². The number of rotatable bonds is 6. The van der Waals surface area contributed by atoms with Crippen molar-refractivity contribution in [3.05, 3.63) is 0 Å². The smallest absolute Gasteiger partial charge is 0.136 e. The van der Waals surface area contributed by atoms with Crippen molar-refractivity contribution >= 4 is 5.78 Å². The van der Waals surface area contributed by atoms with E-state index in [0.29, 0.717) is 47.1 Å². The van der Waals surface area contributed by atoms with Gasteiger partial charge in [-0.25, -0.2) is 0 Å². The summed E-state index contributed by atoms with van der Waals surface area (Å²) in [5.74, 6) is 2.55. The summed E-state index contributed by atoms with van der Waals surface area (Å²) in [5, 5.41) is 0. The van der Waals surface area contributed by atoms with Crippen molar-refractivity contribution < 1.29 is 14.3 Å². The summed E-state index contributed by atoms with van der Waals surface area (Å²) in [6.45, 7) is 11.1. The van der Waals surface area contributed by atoms with Crippen molar-refractivity contribution in [1.82, 2.24) is 0 Å². The Labute approximate surface area is 172 Å². The van der Waals surface area contributed by atoms with E-state index in [2.05, 4.69) is 27.7 Å². The maximum absolute atomic E-state index is 13.5. The van der Waals surface area contributed by atoms with Gasteiger partial charge in [-0.15, -0.1) is 0 Å². The molecule has 4 aliphatic rings. The van der Waals surface area contributed by atoms with Crippen LogP contribution in [0.3, 0.4) is 0 Å². The standard InChI is InChI=1S/C25H42O3/c1-5-13-27-18-9-11-24(3)17(15-18)16-21(26)23-19-7-8-22(28-14-6-2)25(19,4)12-10-20(23)24/h17-20,22-23H,5-16H2,1-4H3/t17-,18+,19+,20+,22-,23-,24+,25+/m0/s1. The lowest BCUT2D eigenvalue weighted by Gasteiger charge is -2.60. The second-order valence-electron chi connectivity index (χ2n) is 10.9. The lowest BCUT2D eigenvalue weighted by atomic mass is 9.45. The maximum atomic E-state index is 13.5. The molecule has 0 N–H and O–H groups in total. The molecule has 0 amide bonds. The van der Waals surface area contributed by atoms with Crippen LogP contribution in [0.25, 0.3) is 0 Å². The number of ether oxygens (including phenoxy) is 2. The minimum absolute atomic E-state index is 0.219. The highest BCUT2D eigenvalue weighted by molar-refractivity contribution is 5.83. The summed E-state index contributed by atoms with van der Waals surface area (Å²) in [6.07, 6.45) is 12.1. The van der Waals surface area contributed by atoms with E-state index >= 15 is 0 Å². The van der Waals surface area contributed by atoms with E-state index in [4.69, 9.17) is 9.47 Å². The zero-order valence-corrected chi connectivity index (χ0v) is 18.7. The van der Waals surface area contributed by atoms with Gasteiger partial charge >= 0.3 is 0 Å². The molecule has 0 unspecified atom stereocenters. The van der Waals surface area contributed by atoms with Crippen molar-refractivity contribution in [2.24, 2.45) is 34.5 Å². The van der Waals surface area contributed by atoms with Gasteiger partial charge in [-0.05, 0) is 86.4 Å². The highest BCUT2D eigenvalue weighted by atomic mass is 16.5. The van der Waals surface area contributed by atoms with Gasteiger partial charge in [-0.3, -0.25) is 4.79 Å². The van der Waals surface area contributed by atoms with Crippen LogP contribution in [0.2, 0.25) is 0 Å². The van der Waals surface area contributed by atoms with E-state index in [1.165, 1.54) is 32.1 Å². The van der Waals surface area contributed by atoms with E-state index in [9.17, 15) is 4.79 Å². The fraction of sp³-hybridized carbons (Fsp3) is 0.960. The second-order valence-corrected chi connectivity index (χ2v) is 10.9. The number of ketones is 1. The third-order valence-electron chi connectivity index (χ3n) is 9.42. The molecule has 0 saturated heterocycles. The number of hydrogen-bond acceptors (Lipinski definition) is 3. The quantitative estimate of drug-likeness (QED) is 0.575. The third-order valence-corrected chi connectivity index (χ3v) is 9.42. The van der Waals surface area contributed by atoms with E-state index in [0.717, 1.165) is 45.3 Å². The van der Waals surface area contributed by atoms with Crippen LogP contribution < -0.4 is 0 Å². The van der Waals surface area contributed by atoms with Gasteiger partial charge in [0.1, 0.15) is 5.78 Å². The Morgan fingerprint density at radius 3 is 2.32 bits per heavy atom. The molecule has 0 aliphatic heterocycles. The van der Waals surface area contributed by atoms with Crippen molar-refractivity contribution in [1.29, 1.82) is 0 Å². The molecule has 3 heteroatoms. The van der Waals surface area contributed by atoms with Crippen LogP contribution in [-0.2, 0) is 14.3 Å². The van der Waals surface area contributed by atoms with Crippen LogP contribution in [0.5, 0.6) is 0 Å². The summed E-state index contributed by atoms with van der Waals surface area (Å²) < 4.78 is 12.4. The molecule has 4 saturated carbocycles. The van der Waals surface area contributed by atoms with Gasteiger partial charge in [-0.2, -0.15) is 0 Å². The first kappa shape index (κ1) is 20.8. The van der Waals surface area contributed by atoms with Gasteiger partial charge < -0.3 is 9.47 Å². The number of Topliss-reactive ketones (excluding diaryl/α,β-unsaturated/α-hetero) is 1. The molecule has 0 spiro atoms. The maximum Gasteiger partial charge on any atom is 0.136 e. The molecule has 0 aromatic heterocycles. The molecule has 0 aromatic rings. The number of carbonyl (C=O) groups excluding carboxylic acids is 1. The average Bonchev–Trinajstić information content (AvgIpc) is 3.01. The summed E-state index contributed by atoms with van der Waals surface area (Å²) in [6, 6.07) is 0. The van der Waals surface area contributed by atoms with Gasteiger partial charge in [0.05, 0.1) is 12.2 Å². The molecular formula is C25H42O3. The SMILES string of the molecule is CCCO[C@@H]1CC[C@]2(C)[C@H](CC(=O)[C@H]3[C@H]4CC[C@H](OCCC)[C@]4(C)CC[C@H]32)C1. The normalized spacial score (nSPS) is 48.1. The molecule has 0 heterocycles. The predicted octanol–water partition coefficient (Wildman–Crippen LogP) is 5.80. The molecule has 4 rings (SSSR count). The first-order valence-electron chi connectivity index (χ1n) is 12.2. The molecule has 4 fully saturated rings. The highest BCUT2D eigenvalue weighted by Gasteiger charge is 2.63. The van der Waals surface area contributed by atoms with Crippen molar-refractivity contribution in [2.75, 3.05) is 13.2 Å².